The van der Waals surface area contributed by atoms with Crippen LogP contribution in [0.1, 0.15) is 137 Å². The molecule has 2 nitrogen and oxygen atoms in total. The summed E-state index contributed by atoms with van der Waals surface area (Å²) in [7, 11) is 1.66. The molecule has 1 N–H and O–H groups in total. The number of hydrogen-bond acceptors (Lipinski definition) is 2. The van der Waals surface area contributed by atoms with Crippen molar-refractivity contribution in [2.24, 2.45) is 23.7 Å². The Morgan fingerprint density at radius 1 is 0.805 bits per heavy atom. The van der Waals surface area contributed by atoms with E-state index >= 15 is 0 Å². The molecule has 3 aliphatic carbocycles. The van der Waals surface area contributed by atoms with E-state index < -0.39 is 17.2 Å². The Balaban J connectivity index is 0.000000216. The van der Waals surface area contributed by atoms with E-state index in [-0.39, 0.29) is 18.4 Å². The van der Waals surface area contributed by atoms with Gasteiger partial charge in [-0.1, -0.05) is 78.6 Å². The van der Waals surface area contributed by atoms with Crippen molar-refractivity contribution in [1.82, 2.24) is 0 Å². The van der Waals surface area contributed by atoms with Gasteiger partial charge in [-0.15, -0.1) is 0 Å². The van der Waals surface area contributed by atoms with Crippen LogP contribution in [0.3, 0.4) is 0 Å². The lowest BCUT2D eigenvalue weighted by molar-refractivity contribution is -0.123. The molecular weight excluding hydrogens is 521 g/mol. The van der Waals surface area contributed by atoms with Crippen LogP contribution < -0.4 is 0 Å². The first-order valence-corrected chi connectivity index (χ1v) is 16.4. The first-order valence-electron chi connectivity index (χ1n) is 16.4. The van der Waals surface area contributed by atoms with Gasteiger partial charge in [0, 0.05) is 32.8 Å². The van der Waals surface area contributed by atoms with Crippen molar-refractivity contribution in [1.29, 1.82) is 0 Å². The number of rotatable bonds is 8. The van der Waals surface area contributed by atoms with Crippen molar-refractivity contribution in [3.05, 3.63) is 35.4 Å². The molecule has 0 spiro atoms. The van der Waals surface area contributed by atoms with Crippen LogP contribution in [-0.2, 0) is 17.6 Å². The van der Waals surface area contributed by atoms with Crippen LogP contribution in [0.5, 0.6) is 0 Å². The van der Waals surface area contributed by atoms with Crippen molar-refractivity contribution in [3.8, 4) is 0 Å². The number of alkyl halides is 3. The van der Waals surface area contributed by atoms with Crippen molar-refractivity contribution in [2.75, 3.05) is 7.11 Å². The molecule has 0 amide bonds. The van der Waals surface area contributed by atoms with Gasteiger partial charge in [-0.25, -0.2) is 13.2 Å². The molecule has 238 valence electrons. The molecule has 2 saturated carbocycles. The molecule has 0 saturated heterocycles. The second-order valence-corrected chi connectivity index (χ2v) is 14.9. The average molecular weight is 583 g/mol. The molecule has 41 heavy (non-hydrogen) atoms. The molecule has 2 fully saturated rings. The lowest BCUT2D eigenvalue weighted by atomic mass is 9.78. The quantitative estimate of drug-likeness (QED) is 0.330. The summed E-state index contributed by atoms with van der Waals surface area (Å²) in [4.78, 5) is 0. The van der Waals surface area contributed by atoms with Crippen LogP contribution in [0.4, 0.5) is 13.2 Å². The Labute approximate surface area is 250 Å². The van der Waals surface area contributed by atoms with Gasteiger partial charge < -0.3 is 9.84 Å². The van der Waals surface area contributed by atoms with Gasteiger partial charge in [0.2, 0.25) is 5.92 Å². The minimum absolute atomic E-state index is 0.0149. The number of halogens is 3. The Hall–Kier alpha value is -1.07. The highest BCUT2D eigenvalue weighted by molar-refractivity contribution is 5.35. The number of aliphatic hydroxyl groups is 1. The van der Waals surface area contributed by atoms with E-state index in [0.717, 1.165) is 63.2 Å². The highest BCUT2D eigenvalue weighted by Gasteiger charge is 2.43. The minimum Gasteiger partial charge on any atom is -0.389 e. The van der Waals surface area contributed by atoms with Gasteiger partial charge in [0.1, 0.15) is 5.67 Å². The van der Waals surface area contributed by atoms with E-state index in [4.69, 9.17) is 4.74 Å². The van der Waals surface area contributed by atoms with Crippen LogP contribution in [0.2, 0.25) is 0 Å². The van der Waals surface area contributed by atoms with E-state index in [0.29, 0.717) is 24.7 Å². The van der Waals surface area contributed by atoms with E-state index in [2.05, 4.69) is 53.7 Å². The number of hydrogen-bond donors (Lipinski definition) is 1. The highest BCUT2D eigenvalue weighted by Crippen LogP contribution is 2.43. The van der Waals surface area contributed by atoms with Crippen LogP contribution in [0.15, 0.2) is 24.3 Å². The Bertz CT molecular complexity index is 839. The van der Waals surface area contributed by atoms with Gasteiger partial charge in [-0.05, 0) is 93.1 Å². The monoisotopic (exact) mass is 582 g/mol. The SMILES string of the molecule is CC(C)C1(O)Cc2ccccc2C1.CC(C)CCC1CCC(C)(F)CC1.COC1(CCC(C)C)CCC(F)(F)CC1. The maximum atomic E-state index is 13.4. The standard InChI is InChI=1S/C12H22F2O.C12H23F.C12H16O/c1-10(2)4-5-11(15-3)6-8-12(13,14)9-7-11;1-10(2)4-5-11-6-8-12(3,13)9-7-11;1-9(2)12(13)7-10-5-3-4-6-11(10)8-12/h10H,4-9H2,1-3H3;10-11H,4-9H2,1-3H3;3-6,9,13H,7-8H2,1-2H3. The zero-order chi connectivity index (χ0) is 30.9. The zero-order valence-electron chi connectivity index (χ0n) is 27.5. The Kier molecular flexibility index (Phi) is 13.7. The van der Waals surface area contributed by atoms with Crippen LogP contribution in [0, 0.1) is 23.7 Å². The van der Waals surface area contributed by atoms with Crippen molar-refractivity contribution in [3.63, 3.8) is 0 Å². The summed E-state index contributed by atoms with van der Waals surface area (Å²) >= 11 is 0. The number of ether oxygens (including phenoxy) is 1. The third kappa shape index (κ3) is 12.2. The van der Waals surface area contributed by atoms with Gasteiger partial charge in [0.05, 0.1) is 11.2 Å². The molecule has 3 aliphatic rings. The molecule has 0 heterocycles. The van der Waals surface area contributed by atoms with Crippen LogP contribution in [-0.4, -0.2) is 35.0 Å². The topological polar surface area (TPSA) is 29.5 Å². The number of methoxy groups -OCH3 is 1. The summed E-state index contributed by atoms with van der Waals surface area (Å²) in [5, 5.41) is 10.3. The molecule has 0 radical (unpaired) electrons. The fourth-order valence-corrected chi connectivity index (χ4v) is 6.35. The smallest absolute Gasteiger partial charge is 0.248 e. The van der Waals surface area contributed by atoms with E-state index in [1.807, 2.05) is 12.1 Å². The molecule has 0 aromatic heterocycles. The molecular formula is C36H61F3O2. The van der Waals surface area contributed by atoms with Crippen LogP contribution >= 0.6 is 0 Å². The second-order valence-electron chi connectivity index (χ2n) is 14.9. The number of fused-ring (bicyclic) bond motifs is 1. The normalized spacial score (nSPS) is 26.2. The molecule has 0 unspecified atom stereocenters. The first kappa shape index (κ1) is 36.1. The van der Waals surface area contributed by atoms with E-state index in [1.165, 1.54) is 24.0 Å². The molecule has 5 heteroatoms. The fourth-order valence-electron chi connectivity index (χ4n) is 6.35. The van der Waals surface area contributed by atoms with Crippen molar-refractivity contribution in [2.45, 2.75) is 161 Å². The predicted octanol–water partition coefficient (Wildman–Crippen LogP) is 10.5. The molecule has 0 aliphatic heterocycles. The summed E-state index contributed by atoms with van der Waals surface area (Å²) in [5.41, 5.74) is 1.02. The van der Waals surface area contributed by atoms with Gasteiger partial charge in [-0.3, -0.25) is 0 Å². The zero-order valence-corrected chi connectivity index (χ0v) is 27.5. The summed E-state index contributed by atoms with van der Waals surface area (Å²) in [5.74, 6) is 0.101. The van der Waals surface area contributed by atoms with E-state index in [1.54, 1.807) is 14.0 Å². The van der Waals surface area contributed by atoms with Gasteiger partial charge in [-0.2, -0.15) is 0 Å². The highest BCUT2D eigenvalue weighted by atomic mass is 19.3. The molecule has 0 bridgehead atoms. The largest absolute Gasteiger partial charge is 0.389 e. The summed E-state index contributed by atoms with van der Waals surface area (Å²) in [6.07, 6.45) is 11.0. The molecule has 4 rings (SSSR count). The third-order valence-electron chi connectivity index (χ3n) is 9.99. The predicted molar refractivity (Wildman–Crippen MR) is 166 cm³/mol. The summed E-state index contributed by atoms with van der Waals surface area (Å²) in [6, 6.07) is 8.33. The Morgan fingerprint density at radius 2 is 1.29 bits per heavy atom. The van der Waals surface area contributed by atoms with Gasteiger partial charge in [0.25, 0.3) is 0 Å². The minimum atomic E-state index is -2.46. The first-order chi connectivity index (χ1) is 19.0. The Morgan fingerprint density at radius 3 is 1.71 bits per heavy atom. The second kappa shape index (κ2) is 15.6. The number of benzene rings is 1. The summed E-state index contributed by atoms with van der Waals surface area (Å²) in [6.45, 7) is 14.8. The maximum absolute atomic E-state index is 13.4. The van der Waals surface area contributed by atoms with Crippen LogP contribution in [0.25, 0.3) is 0 Å². The fraction of sp³-hybridized carbons (Fsp3) is 0.833. The van der Waals surface area contributed by atoms with E-state index in [9.17, 15) is 18.3 Å². The summed E-state index contributed by atoms with van der Waals surface area (Å²) < 4.78 is 45.0. The lowest BCUT2D eigenvalue weighted by Crippen LogP contribution is -2.40. The maximum Gasteiger partial charge on any atom is 0.248 e. The third-order valence-corrected chi connectivity index (χ3v) is 9.99. The lowest BCUT2D eigenvalue weighted by Gasteiger charge is -2.39. The van der Waals surface area contributed by atoms with Crippen molar-refractivity contribution < 1.29 is 23.0 Å². The average Bonchev–Trinajstić information content (AvgIpc) is 3.26. The van der Waals surface area contributed by atoms with Crippen molar-refractivity contribution >= 4 is 0 Å². The molecule has 1 aromatic rings. The van der Waals surface area contributed by atoms with Gasteiger partial charge >= 0.3 is 0 Å². The van der Waals surface area contributed by atoms with Gasteiger partial charge in [0.15, 0.2) is 0 Å². The molecule has 1 aromatic carbocycles. The molecule has 0 atom stereocenters.